The van der Waals surface area contributed by atoms with E-state index < -0.39 is 42.0 Å². The number of rotatable bonds is 7. The van der Waals surface area contributed by atoms with E-state index in [1.165, 1.54) is 6.92 Å². The van der Waals surface area contributed by atoms with E-state index in [1.807, 2.05) is 30.3 Å². The lowest BCUT2D eigenvalue weighted by Crippen LogP contribution is -2.60. The Hall–Kier alpha value is -3.56. The standard InChI is InChI=1S/C24H26FN3O6/c1-4-19(29)32-24(13-25)18(11-20(30)33-24)27-22(31)23(14(2)3)12-17(28-34-23)21-16-8-6-5-7-15(16)9-10-26-21/h5-10,14,18H,4,11-13H2,1-3H3,(H,27,31)/t18-,23+,24?/m0/s1. The number of cyclic esters (lactones) is 1. The largest absolute Gasteiger partial charge is 0.417 e. The van der Waals surface area contributed by atoms with Gasteiger partial charge in [0, 0.05) is 30.3 Å². The van der Waals surface area contributed by atoms with Gasteiger partial charge in [0.2, 0.25) is 5.60 Å². The van der Waals surface area contributed by atoms with Crippen molar-refractivity contribution in [1.82, 2.24) is 10.3 Å². The number of aromatic nitrogens is 1. The average Bonchev–Trinajstić information content (AvgIpc) is 3.41. The molecule has 4 rings (SSSR count). The first kappa shape index (κ1) is 23.6. The lowest BCUT2D eigenvalue weighted by Gasteiger charge is -2.34. The summed E-state index contributed by atoms with van der Waals surface area (Å²) in [7, 11) is 0. The molecule has 2 aliphatic heterocycles. The number of carbonyl (C=O) groups excluding carboxylic acids is 3. The summed E-state index contributed by atoms with van der Waals surface area (Å²) in [5.74, 6) is -4.71. The average molecular weight is 471 g/mol. The number of pyridine rings is 1. The van der Waals surface area contributed by atoms with Gasteiger partial charge in [-0.3, -0.25) is 19.4 Å². The Bertz CT molecular complexity index is 1160. The minimum Gasteiger partial charge on any atom is -0.417 e. The maximum atomic E-state index is 14.0. The molecule has 3 atom stereocenters. The SMILES string of the molecule is CCC(=O)OC1(CF)OC(=O)C[C@@H]1NC(=O)[C@]1(C(C)C)CC(c2nccc3ccccc23)=NO1. The van der Waals surface area contributed by atoms with Crippen molar-refractivity contribution in [3.63, 3.8) is 0 Å². The van der Waals surface area contributed by atoms with E-state index in [-0.39, 0.29) is 25.2 Å². The molecule has 1 fully saturated rings. The maximum absolute atomic E-state index is 14.0. The number of fused-ring (bicyclic) bond motifs is 1. The lowest BCUT2D eigenvalue weighted by molar-refractivity contribution is -0.225. The molecule has 1 unspecified atom stereocenters. The van der Waals surface area contributed by atoms with Crippen LogP contribution in [-0.2, 0) is 28.7 Å². The van der Waals surface area contributed by atoms with Gasteiger partial charge in [0.25, 0.3) is 5.91 Å². The van der Waals surface area contributed by atoms with Crippen molar-refractivity contribution in [1.29, 1.82) is 0 Å². The topological polar surface area (TPSA) is 116 Å². The Morgan fingerprint density at radius 2 is 2.06 bits per heavy atom. The van der Waals surface area contributed by atoms with E-state index in [2.05, 4.69) is 15.5 Å². The van der Waals surface area contributed by atoms with Gasteiger partial charge in [-0.05, 0) is 11.5 Å². The number of hydrogen-bond donors (Lipinski definition) is 1. The normalized spacial score (nSPS) is 26.2. The highest BCUT2D eigenvalue weighted by Gasteiger charge is 2.57. The fourth-order valence-corrected chi connectivity index (χ4v) is 4.19. The monoisotopic (exact) mass is 471 g/mol. The number of esters is 2. The highest BCUT2D eigenvalue weighted by atomic mass is 19.1. The van der Waals surface area contributed by atoms with Crippen LogP contribution in [0.25, 0.3) is 10.8 Å². The zero-order chi connectivity index (χ0) is 24.5. The first-order valence-electron chi connectivity index (χ1n) is 11.1. The molecule has 1 aromatic carbocycles. The fourth-order valence-electron chi connectivity index (χ4n) is 4.19. The number of carbonyl (C=O) groups is 3. The molecule has 1 amide bonds. The maximum Gasteiger partial charge on any atom is 0.311 e. The summed E-state index contributed by atoms with van der Waals surface area (Å²) in [6.07, 6.45) is 1.37. The van der Waals surface area contributed by atoms with Crippen LogP contribution in [0.5, 0.6) is 0 Å². The third-order valence-corrected chi connectivity index (χ3v) is 6.27. The Morgan fingerprint density at radius 1 is 1.29 bits per heavy atom. The van der Waals surface area contributed by atoms with Crippen molar-refractivity contribution in [3.05, 3.63) is 42.2 Å². The number of alkyl halides is 1. The Morgan fingerprint density at radius 3 is 2.76 bits per heavy atom. The van der Waals surface area contributed by atoms with Crippen LogP contribution in [-0.4, -0.2) is 52.6 Å². The van der Waals surface area contributed by atoms with Crippen molar-refractivity contribution in [2.24, 2.45) is 11.1 Å². The summed E-state index contributed by atoms with van der Waals surface area (Å²) in [4.78, 5) is 47.5. The van der Waals surface area contributed by atoms with E-state index in [9.17, 15) is 18.8 Å². The smallest absolute Gasteiger partial charge is 0.311 e. The van der Waals surface area contributed by atoms with Gasteiger partial charge >= 0.3 is 17.7 Å². The molecule has 9 nitrogen and oxygen atoms in total. The van der Waals surface area contributed by atoms with E-state index in [1.54, 1.807) is 20.0 Å². The van der Waals surface area contributed by atoms with Crippen LogP contribution in [0.15, 0.2) is 41.7 Å². The molecule has 34 heavy (non-hydrogen) atoms. The molecule has 1 saturated heterocycles. The van der Waals surface area contributed by atoms with Crippen LogP contribution < -0.4 is 5.32 Å². The molecule has 2 aliphatic rings. The first-order valence-corrected chi connectivity index (χ1v) is 11.1. The van der Waals surface area contributed by atoms with E-state index in [4.69, 9.17) is 14.3 Å². The number of hydrogen-bond acceptors (Lipinski definition) is 8. The molecule has 0 radical (unpaired) electrons. The van der Waals surface area contributed by atoms with Crippen LogP contribution in [0, 0.1) is 5.92 Å². The van der Waals surface area contributed by atoms with Crippen LogP contribution in [0.2, 0.25) is 0 Å². The van der Waals surface area contributed by atoms with E-state index in [0.717, 1.165) is 10.8 Å². The molecule has 10 heteroatoms. The molecule has 2 aromatic rings. The highest BCUT2D eigenvalue weighted by Crippen LogP contribution is 2.37. The van der Waals surface area contributed by atoms with Crippen molar-refractivity contribution in [3.8, 4) is 0 Å². The second-order valence-electron chi connectivity index (χ2n) is 8.71. The lowest BCUT2D eigenvalue weighted by atomic mass is 9.83. The summed E-state index contributed by atoms with van der Waals surface area (Å²) < 4.78 is 24.2. The zero-order valence-electron chi connectivity index (χ0n) is 19.2. The van der Waals surface area contributed by atoms with Crippen LogP contribution in [0.1, 0.15) is 45.7 Å². The van der Waals surface area contributed by atoms with Crippen molar-refractivity contribution in [2.75, 3.05) is 6.67 Å². The number of amides is 1. The van der Waals surface area contributed by atoms with Crippen molar-refractivity contribution < 1.29 is 33.1 Å². The number of ether oxygens (including phenoxy) is 2. The quantitative estimate of drug-likeness (QED) is 0.617. The van der Waals surface area contributed by atoms with Gasteiger partial charge in [-0.25, -0.2) is 4.39 Å². The molecule has 0 spiro atoms. The van der Waals surface area contributed by atoms with Gasteiger partial charge in [-0.15, -0.1) is 0 Å². The molecule has 1 aromatic heterocycles. The third kappa shape index (κ3) is 3.97. The predicted octanol–water partition coefficient (Wildman–Crippen LogP) is 2.80. The molecular weight excluding hydrogens is 445 g/mol. The second kappa shape index (κ2) is 9.00. The summed E-state index contributed by atoms with van der Waals surface area (Å²) in [5, 5.41) is 8.66. The molecule has 180 valence electrons. The highest BCUT2D eigenvalue weighted by molar-refractivity contribution is 6.11. The van der Waals surface area contributed by atoms with E-state index >= 15 is 0 Å². The fraction of sp³-hybridized carbons (Fsp3) is 0.458. The van der Waals surface area contributed by atoms with Crippen molar-refractivity contribution in [2.45, 2.75) is 57.5 Å². The Balaban J connectivity index is 1.60. The Kier molecular flexibility index (Phi) is 6.24. The molecule has 3 heterocycles. The van der Waals surface area contributed by atoms with Gasteiger partial charge in [0.15, 0.2) is 6.67 Å². The minimum absolute atomic E-state index is 0.0474. The summed E-state index contributed by atoms with van der Waals surface area (Å²) in [5.41, 5.74) is -0.340. The molecule has 0 aliphatic carbocycles. The summed E-state index contributed by atoms with van der Waals surface area (Å²) in [6.45, 7) is 3.82. The molecule has 0 saturated carbocycles. The van der Waals surface area contributed by atoms with Gasteiger partial charge in [0.05, 0.1) is 12.1 Å². The first-order chi connectivity index (χ1) is 16.2. The van der Waals surface area contributed by atoms with Gasteiger partial charge in [-0.2, -0.15) is 0 Å². The van der Waals surface area contributed by atoms with Crippen LogP contribution in [0.3, 0.4) is 0 Å². The van der Waals surface area contributed by atoms with Gasteiger partial charge in [0.1, 0.15) is 11.8 Å². The predicted molar refractivity (Wildman–Crippen MR) is 119 cm³/mol. The summed E-state index contributed by atoms with van der Waals surface area (Å²) >= 11 is 0. The number of nitrogens with zero attached hydrogens (tertiary/aromatic N) is 2. The van der Waals surface area contributed by atoms with Crippen LogP contribution >= 0.6 is 0 Å². The molecule has 1 N–H and O–H groups in total. The molecule has 0 bridgehead atoms. The number of nitrogens with one attached hydrogen (secondary N) is 1. The second-order valence-corrected chi connectivity index (χ2v) is 8.71. The van der Waals surface area contributed by atoms with E-state index in [0.29, 0.717) is 11.4 Å². The third-order valence-electron chi connectivity index (χ3n) is 6.27. The zero-order valence-corrected chi connectivity index (χ0v) is 19.2. The number of oxime groups is 1. The number of benzene rings is 1. The van der Waals surface area contributed by atoms with Crippen LogP contribution in [0.4, 0.5) is 4.39 Å². The van der Waals surface area contributed by atoms with Gasteiger partial charge in [-0.1, -0.05) is 50.2 Å². The Labute approximate surface area is 195 Å². The minimum atomic E-state index is -2.21. The van der Waals surface area contributed by atoms with Gasteiger partial charge < -0.3 is 19.6 Å². The number of halogens is 1. The van der Waals surface area contributed by atoms with Crippen molar-refractivity contribution >= 4 is 34.3 Å². The molecular formula is C24H26FN3O6. The summed E-state index contributed by atoms with van der Waals surface area (Å²) in [6, 6.07) is 8.32.